The monoisotopic (exact) mass is 238 g/mol. The fourth-order valence-corrected chi connectivity index (χ4v) is 1.37. The molecule has 0 amide bonds. The summed E-state index contributed by atoms with van der Waals surface area (Å²) in [4.78, 5) is 3.39. The van der Waals surface area contributed by atoms with Crippen molar-refractivity contribution in [3.05, 3.63) is 59.7 Å². The van der Waals surface area contributed by atoms with E-state index in [4.69, 9.17) is 0 Å². The lowest BCUT2D eigenvalue weighted by Crippen LogP contribution is -2.02. The van der Waals surface area contributed by atoms with E-state index in [1.807, 2.05) is 0 Å². The van der Waals surface area contributed by atoms with E-state index < -0.39 is 17.6 Å². The van der Waals surface area contributed by atoms with E-state index in [2.05, 4.69) is 10.3 Å². The summed E-state index contributed by atoms with van der Waals surface area (Å²) in [6.07, 6.45) is 1.30. The molecule has 1 N–H and O–H groups in total. The standard InChI is InChI=1S/C12H9F3N2/c13-9-2-1-8(11(14)5-9)7-17-10-3-4-16-12(15)6-10/h1-6H,7H2,(H,16,17). The highest BCUT2D eigenvalue weighted by Crippen LogP contribution is 2.13. The summed E-state index contributed by atoms with van der Waals surface area (Å²) in [6, 6.07) is 6.08. The van der Waals surface area contributed by atoms with Crippen LogP contribution in [0.15, 0.2) is 36.5 Å². The lowest BCUT2D eigenvalue weighted by atomic mass is 10.2. The van der Waals surface area contributed by atoms with Crippen LogP contribution in [0.5, 0.6) is 0 Å². The molecule has 0 atom stereocenters. The number of rotatable bonds is 3. The minimum Gasteiger partial charge on any atom is -0.381 e. The Hall–Kier alpha value is -2.04. The van der Waals surface area contributed by atoms with Gasteiger partial charge in [0, 0.05) is 36.1 Å². The highest BCUT2D eigenvalue weighted by molar-refractivity contribution is 5.42. The lowest BCUT2D eigenvalue weighted by Gasteiger charge is -2.07. The van der Waals surface area contributed by atoms with Gasteiger partial charge >= 0.3 is 0 Å². The van der Waals surface area contributed by atoms with Crippen LogP contribution in [0.4, 0.5) is 18.9 Å². The van der Waals surface area contributed by atoms with Crippen molar-refractivity contribution in [2.24, 2.45) is 0 Å². The molecule has 1 heterocycles. The van der Waals surface area contributed by atoms with Crippen molar-refractivity contribution in [3.8, 4) is 0 Å². The van der Waals surface area contributed by atoms with Crippen molar-refractivity contribution in [2.45, 2.75) is 6.54 Å². The van der Waals surface area contributed by atoms with Gasteiger partial charge in [0.05, 0.1) is 0 Å². The van der Waals surface area contributed by atoms with Gasteiger partial charge in [-0.25, -0.2) is 13.8 Å². The van der Waals surface area contributed by atoms with Gasteiger partial charge in [-0.05, 0) is 12.1 Å². The molecule has 1 aromatic carbocycles. The molecule has 0 spiro atoms. The van der Waals surface area contributed by atoms with Crippen LogP contribution < -0.4 is 5.32 Å². The van der Waals surface area contributed by atoms with Crippen LogP contribution in [-0.4, -0.2) is 4.98 Å². The smallest absolute Gasteiger partial charge is 0.214 e. The van der Waals surface area contributed by atoms with Crippen molar-refractivity contribution in [2.75, 3.05) is 5.32 Å². The molecular weight excluding hydrogens is 229 g/mol. The summed E-state index contributed by atoms with van der Waals surface area (Å²) in [5.74, 6) is -1.87. The maximum absolute atomic E-state index is 13.3. The van der Waals surface area contributed by atoms with Crippen LogP contribution in [-0.2, 0) is 6.54 Å². The Morgan fingerprint density at radius 2 is 1.88 bits per heavy atom. The Labute approximate surface area is 96.1 Å². The molecule has 0 saturated carbocycles. The summed E-state index contributed by atoms with van der Waals surface area (Å²) in [7, 11) is 0. The van der Waals surface area contributed by atoms with E-state index >= 15 is 0 Å². The first-order chi connectivity index (χ1) is 8.15. The third kappa shape index (κ3) is 2.96. The second-order valence-electron chi connectivity index (χ2n) is 3.46. The maximum atomic E-state index is 13.3. The molecule has 5 heteroatoms. The van der Waals surface area contributed by atoms with E-state index in [-0.39, 0.29) is 6.54 Å². The molecule has 0 saturated heterocycles. The first kappa shape index (κ1) is 11.4. The Balaban J connectivity index is 2.07. The van der Waals surface area contributed by atoms with Gasteiger partial charge in [-0.3, -0.25) is 0 Å². The molecule has 2 nitrogen and oxygen atoms in total. The van der Waals surface area contributed by atoms with E-state index in [1.165, 1.54) is 24.4 Å². The van der Waals surface area contributed by atoms with Gasteiger partial charge in [0.25, 0.3) is 0 Å². The first-order valence-corrected chi connectivity index (χ1v) is 4.94. The molecule has 0 radical (unpaired) electrons. The SMILES string of the molecule is Fc1ccc(CNc2ccnc(F)c2)c(F)c1. The number of pyridine rings is 1. The van der Waals surface area contributed by atoms with Crippen LogP contribution >= 0.6 is 0 Å². The fourth-order valence-electron chi connectivity index (χ4n) is 1.37. The van der Waals surface area contributed by atoms with Gasteiger partial charge in [0.1, 0.15) is 11.6 Å². The van der Waals surface area contributed by atoms with Gasteiger partial charge in [-0.2, -0.15) is 4.39 Å². The van der Waals surface area contributed by atoms with E-state index in [1.54, 1.807) is 6.07 Å². The topological polar surface area (TPSA) is 24.9 Å². The van der Waals surface area contributed by atoms with Gasteiger partial charge in [0.15, 0.2) is 0 Å². The predicted molar refractivity (Wildman–Crippen MR) is 57.9 cm³/mol. The average molecular weight is 238 g/mol. The number of nitrogens with one attached hydrogen (secondary N) is 1. The summed E-state index contributed by atoms with van der Waals surface area (Å²) >= 11 is 0. The number of hydrogen-bond acceptors (Lipinski definition) is 2. The van der Waals surface area contributed by atoms with Crippen molar-refractivity contribution in [1.82, 2.24) is 4.98 Å². The third-order valence-electron chi connectivity index (χ3n) is 2.22. The zero-order chi connectivity index (χ0) is 12.3. The number of halogens is 3. The number of nitrogens with zero attached hydrogens (tertiary/aromatic N) is 1. The second kappa shape index (κ2) is 4.86. The van der Waals surface area contributed by atoms with Crippen LogP contribution in [0.1, 0.15) is 5.56 Å². The number of benzene rings is 1. The number of anilines is 1. The molecule has 2 aromatic rings. The normalized spacial score (nSPS) is 10.3. The number of hydrogen-bond donors (Lipinski definition) is 1. The third-order valence-corrected chi connectivity index (χ3v) is 2.22. The largest absolute Gasteiger partial charge is 0.381 e. The van der Waals surface area contributed by atoms with E-state index in [0.717, 1.165) is 6.07 Å². The van der Waals surface area contributed by atoms with Gasteiger partial charge < -0.3 is 5.32 Å². The lowest BCUT2D eigenvalue weighted by molar-refractivity contribution is 0.574. The summed E-state index contributed by atoms with van der Waals surface area (Å²) < 4.78 is 38.7. The molecule has 17 heavy (non-hydrogen) atoms. The highest BCUT2D eigenvalue weighted by atomic mass is 19.1. The molecule has 0 fully saturated rings. The first-order valence-electron chi connectivity index (χ1n) is 4.94. The molecule has 88 valence electrons. The highest BCUT2D eigenvalue weighted by Gasteiger charge is 2.03. The summed E-state index contributed by atoms with van der Waals surface area (Å²) in [6.45, 7) is 0.148. The fraction of sp³-hybridized carbons (Fsp3) is 0.0833. The zero-order valence-corrected chi connectivity index (χ0v) is 8.75. The predicted octanol–water partition coefficient (Wildman–Crippen LogP) is 3.11. The van der Waals surface area contributed by atoms with Crippen LogP contribution in [0.2, 0.25) is 0 Å². The minimum atomic E-state index is -0.632. The Kier molecular flexibility index (Phi) is 3.27. The van der Waals surface area contributed by atoms with Gasteiger partial charge in [-0.1, -0.05) is 6.07 Å². The number of aromatic nitrogens is 1. The Morgan fingerprint density at radius 1 is 1.06 bits per heavy atom. The zero-order valence-electron chi connectivity index (χ0n) is 8.75. The molecule has 0 aliphatic heterocycles. The Morgan fingerprint density at radius 3 is 2.59 bits per heavy atom. The molecule has 0 aliphatic rings. The van der Waals surface area contributed by atoms with E-state index in [0.29, 0.717) is 11.3 Å². The van der Waals surface area contributed by atoms with E-state index in [9.17, 15) is 13.2 Å². The molecule has 1 aromatic heterocycles. The molecular formula is C12H9F3N2. The molecule has 0 bridgehead atoms. The molecule has 0 unspecified atom stereocenters. The quantitative estimate of drug-likeness (QED) is 0.831. The van der Waals surface area contributed by atoms with Crippen LogP contribution in [0.25, 0.3) is 0 Å². The minimum absolute atomic E-state index is 0.148. The maximum Gasteiger partial charge on any atom is 0.214 e. The van der Waals surface area contributed by atoms with Gasteiger partial charge in [0.2, 0.25) is 5.95 Å². The van der Waals surface area contributed by atoms with Crippen LogP contribution in [0.3, 0.4) is 0 Å². The summed E-state index contributed by atoms with van der Waals surface area (Å²) in [5.41, 5.74) is 0.796. The van der Waals surface area contributed by atoms with Crippen molar-refractivity contribution in [1.29, 1.82) is 0 Å². The van der Waals surface area contributed by atoms with Crippen molar-refractivity contribution < 1.29 is 13.2 Å². The van der Waals surface area contributed by atoms with Crippen molar-refractivity contribution in [3.63, 3.8) is 0 Å². The van der Waals surface area contributed by atoms with Crippen LogP contribution in [0, 0.1) is 17.6 Å². The molecule has 2 rings (SSSR count). The average Bonchev–Trinajstić information content (AvgIpc) is 2.28. The second-order valence-corrected chi connectivity index (χ2v) is 3.46. The van der Waals surface area contributed by atoms with Crippen molar-refractivity contribution >= 4 is 5.69 Å². The molecule has 0 aliphatic carbocycles. The Bertz CT molecular complexity index is 529. The summed E-state index contributed by atoms with van der Waals surface area (Å²) in [5, 5.41) is 2.82. The van der Waals surface area contributed by atoms with Gasteiger partial charge in [-0.15, -0.1) is 0 Å².